The van der Waals surface area contributed by atoms with Crippen LogP contribution in [0.25, 0.3) is 5.82 Å². The van der Waals surface area contributed by atoms with E-state index in [0.717, 1.165) is 18.5 Å². The molecule has 0 radical (unpaired) electrons. The number of aliphatic hydroxyl groups excluding tert-OH is 1. The molecule has 1 N–H and O–H groups in total. The second-order valence-corrected chi connectivity index (χ2v) is 6.18. The fraction of sp³-hybridized carbons (Fsp3) is 0.471. The van der Waals surface area contributed by atoms with Crippen LogP contribution >= 0.6 is 0 Å². The first-order valence-corrected chi connectivity index (χ1v) is 7.99. The molecule has 1 saturated heterocycles. The first kappa shape index (κ1) is 15.7. The van der Waals surface area contributed by atoms with Gasteiger partial charge >= 0.3 is 0 Å². The van der Waals surface area contributed by atoms with Crippen molar-refractivity contribution >= 4 is 5.91 Å². The van der Waals surface area contributed by atoms with Gasteiger partial charge in [-0.3, -0.25) is 4.79 Å². The fourth-order valence-electron chi connectivity index (χ4n) is 3.10. The third kappa shape index (κ3) is 2.99. The number of aliphatic hydroxyl groups is 1. The van der Waals surface area contributed by atoms with E-state index in [1.54, 1.807) is 17.1 Å². The maximum Gasteiger partial charge on any atom is 0.257 e. The molecule has 6 heteroatoms. The van der Waals surface area contributed by atoms with Crippen molar-refractivity contribution in [1.82, 2.24) is 19.7 Å². The Hall–Kier alpha value is -2.21. The van der Waals surface area contributed by atoms with Crippen molar-refractivity contribution in [3.8, 4) is 5.82 Å². The molecule has 1 fully saturated rings. The number of piperidine rings is 1. The van der Waals surface area contributed by atoms with Crippen molar-refractivity contribution in [2.45, 2.75) is 32.7 Å². The Morgan fingerprint density at radius 2 is 2.22 bits per heavy atom. The minimum absolute atomic E-state index is 0.0182. The van der Waals surface area contributed by atoms with Crippen LogP contribution in [0.4, 0.5) is 0 Å². The van der Waals surface area contributed by atoms with Crippen LogP contribution in [-0.4, -0.2) is 49.9 Å². The van der Waals surface area contributed by atoms with Crippen molar-refractivity contribution in [2.75, 3.05) is 13.2 Å². The SMILES string of the molecule is Cc1c(C(=O)N2CC(CO)CCC2C)cnn1-c1ccccn1. The fourth-order valence-corrected chi connectivity index (χ4v) is 3.10. The number of pyridine rings is 1. The summed E-state index contributed by atoms with van der Waals surface area (Å²) >= 11 is 0. The van der Waals surface area contributed by atoms with Gasteiger partial charge in [-0.1, -0.05) is 6.07 Å². The van der Waals surface area contributed by atoms with E-state index in [1.165, 1.54) is 0 Å². The summed E-state index contributed by atoms with van der Waals surface area (Å²) in [7, 11) is 0. The number of aromatic nitrogens is 3. The quantitative estimate of drug-likeness (QED) is 0.938. The molecular weight excluding hydrogens is 292 g/mol. The van der Waals surface area contributed by atoms with Crippen LogP contribution in [0.3, 0.4) is 0 Å². The second kappa shape index (κ2) is 6.50. The van der Waals surface area contributed by atoms with E-state index in [0.29, 0.717) is 17.9 Å². The normalized spacial score (nSPS) is 21.4. The van der Waals surface area contributed by atoms with E-state index in [2.05, 4.69) is 17.0 Å². The standard InChI is InChI=1S/C17H22N4O2/c1-12-6-7-14(11-22)10-20(12)17(23)15-9-19-21(13(15)2)16-5-3-4-8-18-16/h3-5,8-9,12,14,22H,6-7,10-11H2,1-2H3. The molecule has 0 aliphatic carbocycles. The highest BCUT2D eigenvalue weighted by atomic mass is 16.3. The molecule has 0 aromatic carbocycles. The zero-order valence-electron chi connectivity index (χ0n) is 13.5. The molecule has 1 aliphatic heterocycles. The molecule has 2 aromatic rings. The predicted octanol–water partition coefficient (Wildman–Crippen LogP) is 1.81. The van der Waals surface area contributed by atoms with Crippen molar-refractivity contribution in [2.24, 2.45) is 5.92 Å². The van der Waals surface area contributed by atoms with Gasteiger partial charge in [-0.15, -0.1) is 0 Å². The van der Waals surface area contributed by atoms with Gasteiger partial charge in [0.15, 0.2) is 5.82 Å². The zero-order chi connectivity index (χ0) is 16.4. The summed E-state index contributed by atoms with van der Waals surface area (Å²) < 4.78 is 1.69. The van der Waals surface area contributed by atoms with E-state index >= 15 is 0 Å². The van der Waals surface area contributed by atoms with E-state index in [4.69, 9.17) is 0 Å². The highest BCUT2D eigenvalue weighted by Crippen LogP contribution is 2.24. The van der Waals surface area contributed by atoms with Gasteiger partial charge < -0.3 is 10.0 Å². The first-order chi connectivity index (χ1) is 11.1. The van der Waals surface area contributed by atoms with Gasteiger partial charge in [0.25, 0.3) is 5.91 Å². The number of rotatable bonds is 3. The smallest absolute Gasteiger partial charge is 0.257 e. The minimum atomic E-state index is -0.0182. The van der Waals surface area contributed by atoms with E-state index in [9.17, 15) is 9.90 Å². The number of carbonyl (C=O) groups excluding carboxylic acids is 1. The van der Waals surface area contributed by atoms with Crippen LogP contribution in [-0.2, 0) is 0 Å². The van der Waals surface area contributed by atoms with Crippen molar-refractivity contribution in [1.29, 1.82) is 0 Å². The number of hydrogen-bond donors (Lipinski definition) is 1. The Morgan fingerprint density at radius 1 is 1.39 bits per heavy atom. The van der Waals surface area contributed by atoms with Gasteiger partial charge in [-0.25, -0.2) is 9.67 Å². The highest BCUT2D eigenvalue weighted by Gasteiger charge is 2.31. The van der Waals surface area contributed by atoms with Crippen LogP contribution in [0, 0.1) is 12.8 Å². The van der Waals surface area contributed by atoms with Crippen molar-refractivity contribution in [3.05, 3.63) is 41.9 Å². The van der Waals surface area contributed by atoms with Gasteiger partial charge in [-0.2, -0.15) is 5.10 Å². The van der Waals surface area contributed by atoms with Gasteiger partial charge in [0, 0.05) is 25.4 Å². The summed E-state index contributed by atoms with van der Waals surface area (Å²) in [6, 6.07) is 5.78. The number of carbonyl (C=O) groups is 1. The summed E-state index contributed by atoms with van der Waals surface area (Å²) in [6.07, 6.45) is 5.20. The maximum absolute atomic E-state index is 12.9. The summed E-state index contributed by atoms with van der Waals surface area (Å²) in [5.41, 5.74) is 1.38. The third-order valence-electron chi connectivity index (χ3n) is 4.61. The molecule has 23 heavy (non-hydrogen) atoms. The molecule has 1 amide bonds. The second-order valence-electron chi connectivity index (χ2n) is 6.18. The molecule has 1 aliphatic rings. The van der Waals surface area contributed by atoms with E-state index < -0.39 is 0 Å². The van der Waals surface area contributed by atoms with Crippen molar-refractivity contribution in [3.63, 3.8) is 0 Å². The summed E-state index contributed by atoms with van der Waals surface area (Å²) in [4.78, 5) is 19.0. The summed E-state index contributed by atoms with van der Waals surface area (Å²) in [5.74, 6) is 0.848. The minimum Gasteiger partial charge on any atom is -0.396 e. The van der Waals surface area contributed by atoms with Crippen LogP contribution < -0.4 is 0 Å². The molecule has 0 bridgehead atoms. The zero-order valence-corrected chi connectivity index (χ0v) is 13.5. The lowest BCUT2D eigenvalue weighted by Crippen LogP contribution is -2.46. The summed E-state index contributed by atoms with van der Waals surface area (Å²) in [5, 5.41) is 13.7. The number of nitrogens with zero attached hydrogens (tertiary/aromatic N) is 4. The third-order valence-corrected chi connectivity index (χ3v) is 4.61. The first-order valence-electron chi connectivity index (χ1n) is 7.99. The van der Waals surface area contributed by atoms with Gasteiger partial charge in [0.1, 0.15) is 0 Å². The lowest BCUT2D eigenvalue weighted by molar-refractivity contribution is 0.0488. The van der Waals surface area contributed by atoms with Crippen molar-refractivity contribution < 1.29 is 9.90 Å². The van der Waals surface area contributed by atoms with Crippen LogP contribution in [0.1, 0.15) is 35.8 Å². The number of likely N-dealkylation sites (tertiary alicyclic amines) is 1. The van der Waals surface area contributed by atoms with E-state index in [1.807, 2.05) is 30.0 Å². The molecule has 2 atom stereocenters. The van der Waals surface area contributed by atoms with Gasteiger partial charge in [-0.05, 0) is 44.7 Å². The summed E-state index contributed by atoms with van der Waals surface area (Å²) in [6.45, 7) is 4.67. The lowest BCUT2D eigenvalue weighted by atomic mass is 9.93. The predicted molar refractivity (Wildman–Crippen MR) is 86.4 cm³/mol. The Kier molecular flexibility index (Phi) is 4.43. The topological polar surface area (TPSA) is 71.2 Å². The molecule has 0 spiro atoms. The molecule has 2 aromatic heterocycles. The Bertz CT molecular complexity index is 683. The molecule has 2 unspecified atom stereocenters. The molecule has 122 valence electrons. The monoisotopic (exact) mass is 314 g/mol. The number of amides is 1. The average molecular weight is 314 g/mol. The van der Waals surface area contributed by atoms with Gasteiger partial charge in [0.05, 0.1) is 17.5 Å². The van der Waals surface area contributed by atoms with Crippen LogP contribution in [0.15, 0.2) is 30.6 Å². The number of hydrogen-bond acceptors (Lipinski definition) is 4. The van der Waals surface area contributed by atoms with Crippen LogP contribution in [0.2, 0.25) is 0 Å². The average Bonchev–Trinajstić information content (AvgIpc) is 2.97. The molecule has 3 rings (SSSR count). The van der Waals surface area contributed by atoms with Crippen LogP contribution in [0.5, 0.6) is 0 Å². The lowest BCUT2D eigenvalue weighted by Gasteiger charge is -2.37. The molecule has 3 heterocycles. The largest absolute Gasteiger partial charge is 0.396 e. The van der Waals surface area contributed by atoms with Gasteiger partial charge in [0.2, 0.25) is 0 Å². The highest BCUT2D eigenvalue weighted by molar-refractivity contribution is 5.95. The molecule has 0 saturated carbocycles. The molecule has 6 nitrogen and oxygen atoms in total. The Labute approximate surface area is 135 Å². The Morgan fingerprint density at radius 3 is 2.91 bits per heavy atom. The van der Waals surface area contributed by atoms with E-state index in [-0.39, 0.29) is 24.5 Å². The Balaban J connectivity index is 1.87. The maximum atomic E-state index is 12.9. The molecular formula is C17H22N4O2.